The fraction of sp³-hybridized carbons (Fsp3) is 0.579. The quantitative estimate of drug-likeness (QED) is 0.663. The summed E-state index contributed by atoms with van der Waals surface area (Å²) in [6, 6.07) is 5.43. The fourth-order valence-corrected chi connectivity index (χ4v) is 3.39. The van der Waals surface area contributed by atoms with Crippen LogP contribution in [0.15, 0.2) is 18.5 Å². The van der Waals surface area contributed by atoms with Crippen molar-refractivity contribution >= 4 is 17.5 Å². The number of nitrogens with zero attached hydrogens (tertiary/aromatic N) is 4. The molecule has 0 radical (unpaired) electrons. The van der Waals surface area contributed by atoms with Gasteiger partial charge in [-0.05, 0) is 18.1 Å². The summed E-state index contributed by atoms with van der Waals surface area (Å²) in [6.45, 7) is 3.95. The molecule has 156 valence electrons. The Morgan fingerprint density at radius 3 is 2.93 bits per heavy atom. The number of hydrogen-bond donors (Lipinski definition) is 2. The van der Waals surface area contributed by atoms with Crippen LogP contribution in [-0.2, 0) is 14.2 Å². The second kappa shape index (κ2) is 8.63. The first-order valence-electron chi connectivity index (χ1n) is 9.57. The van der Waals surface area contributed by atoms with Crippen molar-refractivity contribution in [2.24, 2.45) is 5.92 Å². The second-order valence-electron chi connectivity index (χ2n) is 7.15. The van der Waals surface area contributed by atoms with Gasteiger partial charge in [0, 0.05) is 6.42 Å². The molecule has 2 aromatic heterocycles. The lowest BCUT2D eigenvalue weighted by molar-refractivity contribution is -0.0640. The molecule has 0 spiro atoms. The highest BCUT2D eigenvalue weighted by Gasteiger charge is 2.49. The average Bonchev–Trinajstić information content (AvgIpc) is 3.29. The largest absolute Gasteiger partial charge is 0.508 e. The number of aliphatic hydroxyl groups excluding tert-OH is 1. The number of carbonyl (C=O) groups is 1. The van der Waals surface area contributed by atoms with E-state index in [0.29, 0.717) is 11.2 Å². The molecule has 3 heterocycles. The van der Waals surface area contributed by atoms with E-state index in [9.17, 15) is 15.2 Å². The van der Waals surface area contributed by atoms with E-state index in [1.54, 1.807) is 12.1 Å². The molecule has 3 N–H and O–H groups in total. The van der Waals surface area contributed by atoms with Gasteiger partial charge in [0.15, 0.2) is 11.4 Å². The lowest BCUT2D eigenvalue weighted by atomic mass is 10.0. The van der Waals surface area contributed by atoms with E-state index < -0.39 is 24.0 Å². The highest BCUT2D eigenvalue weighted by atomic mass is 16.7. The number of nitrogen functional groups attached to an aromatic ring is 1. The Bertz CT molecular complexity index is 906. The lowest BCUT2D eigenvalue weighted by Gasteiger charge is -2.21. The molecule has 0 bridgehead atoms. The molecule has 1 aliphatic rings. The number of rotatable bonds is 7. The highest BCUT2D eigenvalue weighted by Crippen LogP contribution is 2.40. The number of aromatic nitrogens is 3. The maximum Gasteiger partial charge on any atom is 0.508 e. The zero-order valence-electron chi connectivity index (χ0n) is 16.4. The first-order chi connectivity index (χ1) is 13.9. The van der Waals surface area contributed by atoms with Crippen molar-refractivity contribution in [1.82, 2.24) is 14.6 Å². The summed E-state index contributed by atoms with van der Waals surface area (Å²) in [5.41, 5.74) is 5.44. The van der Waals surface area contributed by atoms with Gasteiger partial charge in [0.25, 0.3) is 0 Å². The summed E-state index contributed by atoms with van der Waals surface area (Å²) in [5.74, 6) is 0.548. The summed E-state index contributed by atoms with van der Waals surface area (Å²) < 4.78 is 17.6. The average molecular weight is 403 g/mol. The molecule has 1 fully saturated rings. The van der Waals surface area contributed by atoms with Crippen molar-refractivity contribution in [3.05, 3.63) is 24.2 Å². The van der Waals surface area contributed by atoms with Crippen molar-refractivity contribution in [3.63, 3.8) is 0 Å². The minimum absolute atomic E-state index is 0.0260. The molecule has 0 unspecified atom stereocenters. The van der Waals surface area contributed by atoms with Crippen LogP contribution in [0.25, 0.3) is 5.52 Å². The van der Waals surface area contributed by atoms with Crippen molar-refractivity contribution in [1.29, 1.82) is 5.26 Å². The van der Waals surface area contributed by atoms with Crippen molar-refractivity contribution in [3.8, 4) is 6.07 Å². The van der Waals surface area contributed by atoms with Crippen LogP contribution < -0.4 is 5.73 Å². The highest BCUT2D eigenvalue weighted by molar-refractivity contribution is 5.65. The van der Waals surface area contributed by atoms with Gasteiger partial charge >= 0.3 is 6.16 Å². The number of nitriles is 1. The summed E-state index contributed by atoms with van der Waals surface area (Å²) in [4.78, 5) is 15.8. The maximum absolute atomic E-state index is 11.9. The van der Waals surface area contributed by atoms with Gasteiger partial charge in [0.05, 0.1) is 18.4 Å². The van der Waals surface area contributed by atoms with Crippen molar-refractivity contribution in [2.45, 2.75) is 50.9 Å². The number of fused-ring (bicyclic) bond motifs is 1. The summed E-state index contributed by atoms with van der Waals surface area (Å²) in [6.07, 6.45) is 0.362. The van der Waals surface area contributed by atoms with Crippen LogP contribution in [0.5, 0.6) is 0 Å². The Morgan fingerprint density at radius 1 is 1.48 bits per heavy atom. The van der Waals surface area contributed by atoms with Crippen LogP contribution in [0.2, 0.25) is 0 Å². The Hall–Kier alpha value is -2.90. The normalized spacial score (nSPS) is 24.0. The number of hydrogen-bond acceptors (Lipinski definition) is 9. The first kappa shape index (κ1) is 20.8. The molecule has 3 rings (SSSR count). The Morgan fingerprint density at radius 2 is 2.24 bits per heavy atom. The number of aliphatic hydroxyl groups is 1. The van der Waals surface area contributed by atoms with Gasteiger partial charge in [-0.2, -0.15) is 10.4 Å². The van der Waals surface area contributed by atoms with E-state index in [1.165, 1.54) is 10.8 Å². The molecule has 1 aliphatic heterocycles. The maximum atomic E-state index is 11.9. The minimum atomic E-state index is -1.49. The van der Waals surface area contributed by atoms with Crippen LogP contribution in [-0.4, -0.2) is 50.8 Å². The number of nitrogens with two attached hydrogens (primary N) is 1. The van der Waals surface area contributed by atoms with Gasteiger partial charge in [-0.25, -0.2) is 14.3 Å². The van der Waals surface area contributed by atoms with Crippen LogP contribution in [0, 0.1) is 17.2 Å². The summed E-state index contributed by atoms with van der Waals surface area (Å²) >= 11 is 0. The van der Waals surface area contributed by atoms with E-state index in [2.05, 4.69) is 10.1 Å². The molecule has 0 amide bonds. The number of ether oxygens (including phenoxy) is 3. The van der Waals surface area contributed by atoms with Crippen LogP contribution >= 0.6 is 0 Å². The van der Waals surface area contributed by atoms with Gasteiger partial charge in [-0.15, -0.1) is 0 Å². The molecular weight excluding hydrogens is 378 g/mol. The van der Waals surface area contributed by atoms with E-state index in [-0.39, 0.29) is 31.4 Å². The van der Waals surface area contributed by atoms with Crippen molar-refractivity contribution in [2.75, 3.05) is 18.9 Å². The van der Waals surface area contributed by atoms with Gasteiger partial charge in [-0.1, -0.05) is 26.7 Å². The molecule has 1 saturated heterocycles. The Kier molecular flexibility index (Phi) is 6.20. The van der Waals surface area contributed by atoms with Gasteiger partial charge in [0.2, 0.25) is 0 Å². The molecule has 0 aliphatic carbocycles. The van der Waals surface area contributed by atoms with E-state index in [1.807, 2.05) is 19.9 Å². The molecule has 10 heteroatoms. The number of anilines is 1. The Balaban J connectivity index is 1.67. The van der Waals surface area contributed by atoms with Crippen LogP contribution in [0.4, 0.5) is 10.6 Å². The minimum Gasteiger partial charge on any atom is -0.434 e. The standard InChI is InChI=1S/C19H25N5O5/c1-3-12(4-2)8-27-18(26)28-10-19(9-20)7-15(25)16(29-19)13-5-6-14-17(21)22-11-23-24(13)14/h5-6,11-12,15-16,25H,3-4,7-8,10H2,1-2H3,(H2,21,22,23)/t15-,16+,19-/m1/s1. The van der Waals surface area contributed by atoms with Crippen LogP contribution in [0.1, 0.15) is 44.9 Å². The topological polar surface area (TPSA) is 145 Å². The third kappa shape index (κ3) is 4.26. The fourth-order valence-electron chi connectivity index (χ4n) is 3.39. The van der Waals surface area contributed by atoms with E-state index >= 15 is 0 Å². The third-order valence-electron chi connectivity index (χ3n) is 5.26. The molecule has 0 saturated carbocycles. The molecular formula is C19H25N5O5. The third-order valence-corrected chi connectivity index (χ3v) is 5.26. The molecule has 2 aromatic rings. The predicted octanol–water partition coefficient (Wildman–Crippen LogP) is 1.99. The zero-order valence-corrected chi connectivity index (χ0v) is 16.4. The second-order valence-corrected chi connectivity index (χ2v) is 7.15. The van der Waals surface area contributed by atoms with E-state index in [0.717, 1.165) is 12.8 Å². The van der Waals surface area contributed by atoms with Gasteiger partial charge < -0.3 is 25.1 Å². The predicted molar refractivity (Wildman–Crippen MR) is 102 cm³/mol. The molecule has 3 atom stereocenters. The Labute approximate surface area is 168 Å². The number of carbonyl (C=O) groups excluding carboxylic acids is 1. The van der Waals surface area contributed by atoms with E-state index in [4.69, 9.17) is 19.9 Å². The van der Waals surface area contributed by atoms with Gasteiger partial charge in [-0.3, -0.25) is 0 Å². The smallest absolute Gasteiger partial charge is 0.434 e. The summed E-state index contributed by atoms with van der Waals surface area (Å²) in [7, 11) is 0. The van der Waals surface area contributed by atoms with Crippen LogP contribution in [0.3, 0.4) is 0 Å². The van der Waals surface area contributed by atoms with Crippen molar-refractivity contribution < 1.29 is 24.1 Å². The van der Waals surface area contributed by atoms with Gasteiger partial charge in [0.1, 0.15) is 30.6 Å². The molecule has 0 aromatic carbocycles. The monoisotopic (exact) mass is 403 g/mol. The molecule has 29 heavy (non-hydrogen) atoms. The molecule has 10 nitrogen and oxygen atoms in total. The SMILES string of the molecule is CCC(CC)COC(=O)OC[C@]1(C#N)C[C@@H](O)[C@H](c2ccc3c(N)ncnn23)O1. The summed E-state index contributed by atoms with van der Waals surface area (Å²) in [5, 5.41) is 24.3. The lowest BCUT2D eigenvalue weighted by Crippen LogP contribution is -2.34. The first-order valence-corrected chi connectivity index (χ1v) is 9.57. The zero-order chi connectivity index (χ0) is 21.0.